The number of hydrogen-bond acceptors (Lipinski definition) is 4. The van der Waals surface area contributed by atoms with Crippen LogP contribution in [0.15, 0.2) is 18.2 Å². The number of aryl methyl sites for hydroxylation is 1. The standard InChI is InChI=1S/C12H18N2O3/c1-9-4-5-11(16-3)10(6-9)7-17-8-12(15)14(2)13/h4-6H,7-8,13H2,1-3H3. The van der Waals surface area contributed by atoms with Crippen LogP contribution in [0.25, 0.3) is 0 Å². The molecule has 0 aliphatic rings. The van der Waals surface area contributed by atoms with Crippen molar-refractivity contribution in [3.05, 3.63) is 29.3 Å². The summed E-state index contributed by atoms with van der Waals surface area (Å²) in [6.45, 7) is 2.27. The minimum absolute atomic E-state index is 0.0376. The number of amides is 1. The maximum absolute atomic E-state index is 11.2. The zero-order valence-corrected chi connectivity index (χ0v) is 10.4. The zero-order chi connectivity index (χ0) is 12.8. The van der Waals surface area contributed by atoms with Gasteiger partial charge in [-0.1, -0.05) is 17.7 Å². The second kappa shape index (κ2) is 6.22. The Morgan fingerprint density at radius 3 is 2.76 bits per heavy atom. The van der Waals surface area contributed by atoms with Gasteiger partial charge in [-0.25, -0.2) is 5.84 Å². The van der Waals surface area contributed by atoms with Gasteiger partial charge in [0.1, 0.15) is 12.4 Å². The van der Waals surface area contributed by atoms with E-state index in [-0.39, 0.29) is 12.5 Å². The summed E-state index contributed by atoms with van der Waals surface area (Å²) in [5, 5.41) is 1.01. The molecule has 0 aliphatic heterocycles. The number of hydrazine groups is 1. The maximum atomic E-state index is 11.2. The molecule has 0 radical (unpaired) electrons. The summed E-state index contributed by atoms with van der Waals surface area (Å²) in [5.41, 5.74) is 2.03. The molecule has 1 aromatic rings. The van der Waals surface area contributed by atoms with E-state index in [1.807, 2.05) is 25.1 Å². The molecule has 0 atom stereocenters. The molecule has 5 heteroatoms. The van der Waals surface area contributed by atoms with Gasteiger partial charge in [0.2, 0.25) is 0 Å². The van der Waals surface area contributed by atoms with Gasteiger partial charge in [0.15, 0.2) is 0 Å². The highest BCUT2D eigenvalue weighted by Gasteiger charge is 2.07. The Hall–Kier alpha value is -1.59. The predicted octanol–water partition coefficient (Wildman–Crippen LogP) is 0.852. The van der Waals surface area contributed by atoms with E-state index in [1.54, 1.807) is 7.11 Å². The van der Waals surface area contributed by atoms with Crippen molar-refractivity contribution >= 4 is 5.91 Å². The number of likely N-dealkylation sites (N-methyl/N-ethyl adjacent to an activating group) is 1. The lowest BCUT2D eigenvalue weighted by Crippen LogP contribution is -2.35. The summed E-state index contributed by atoms with van der Waals surface area (Å²) in [6.07, 6.45) is 0. The molecule has 0 aliphatic carbocycles. The minimum atomic E-state index is -0.267. The quantitative estimate of drug-likeness (QED) is 0.469. The van der Waals surface area contributed by atoms with Crippen molar-refractivity contribution in [2.45, 2.75) is 13.5 Å². The Morgan fingerprint density at radius 2 is 2.18 bits per heavy atom. The number of methoxy groups -OCH3 is 1. The highest BCUT2D eigenvalue weighted by molar-refractivity contribution is 5.76. The van der Waals surface area contributed by atoms with Crippen LogP contribution in [0, 0.1) is 6.92 Å². The number of carbonyl (C=O) groups excluding carboxylic acids is 1. The zero-order valence-electron chi connectivity index (χ0n) is 10.4. The van der Waals surface area contributed by atoms with Crippen molar-refractivity contribution in [1.82, 2.24) is 5.01 Å². The average Bonchev–Trinajstić information content (AvgIpc) is 2.29. The van der Waals surface area contributed by atoms with Crippen molar-refractivity contribution in [3.8, 4) is 5.75 Å². The van der Waals surface area contributed by atoms with Gasteiger partial charge in [-0.15, -0.1) is 0 Å². The molecule has 0 saturated carbocycles. The lowest BCUT2D eigenvalue weighted by Gasteiger charge is -2.12. The largest absolute Gasteiger partial charge is 0.496 e. The van der Waals surface area contributed by atoms with E-state index >= 15 is 0 Å². The van der Waals surface area contributed by atoms with Crippen molar-refractivity contribution in [2.24, 2.45) is 5.84 Å². The highest BCUT2D eigenvalue weighted by atomic mass is 16.5. The Kier molecular flexibility index (Phi) is 4.93. The number of nitrogens with two attached hydrogens (primary N) is 1. The van der Waals surface area contributed by atoms with Crippen LogP contribution in [0.3, 0.4) is 0 Å². The smallest absolute Gasteiger partial charge is 0.262 e. The van der Waals surface area contributed by atoms with Gasteiger partial charge < -0.3 is 9.47 Å². The van der Waals surface area contributed by atoms with Gasteiger partial charge in [-0.05, 0) is 13.0 Å². The molecular weight excluding hydrogens is 220 g/mol. The van der Waals surface area contributed by atoms with Crippen molar-refractivity contribution < 1.29 is 14.3 Å². The topological polar surface area (TPSA) is 64.8 Å². The van der Waals surface area contributed by atoms with Crippen LogP contribution >= 0.6 is 0 Å². The first-order valence-electron chi connectivity index (χ1n) is 5.27. The van der Waals surface area contributed by atoms with Gasteiger partial charge in [-0.2, -0.15) is 0 Å². The molecule has 5 nitrogen and oxygen atoms in total. The van der Waals surface area contributed by atoms with Crippen LogP contribution in [-0.4, -0.2) is 31.7 Å². The van der Waals surface area contributed by atoms with Crippen molar-refractivity contribution in [1.29, 1.82) is 0 Å². The minimum Gasteiger partial charge on any atom is -0.496 e. The molecule has 1 aromatic carbocycles. The number of hydrogen-bond donors (Lipinski definition) is 1. The first kappa shape index (κ1) is 13.5. The van der Waals surface area contributed by atoms with Crippen molar-refractivity contribution in [3.63, 3.8) is 0 Å². The molecular formula is C12H18N2O3. The molecule has 94 valence electrons. The van der Waals surface area contributed by atoms with Crippen LogP contribution in [0.4, 0.5) is 0 Å². The summed E-state index contributed by atoms with van der Waals surface area (Å²) >= 11 is 0. The summed E-state index contributed by atoms with van der Waals surface area (Å²) in [4.78, 5) is 11.2. The molecule has 2 N–H and O–H groups in total. The van der Waals surface area contributed by atoms with Crippen molar-refractivity contribution in [2.75, 3.05) is 20.8 Å². The first-order chi connectivity index (χ1) is 8.04. The Bertz CT molecular complexity index is 391. The van der Waals surface area contributed by atoms with Crippen LogP contribution in [0.2, 0.25) is 0 Å². The molecule has 0 unspecified atom stereocenters. The van der Waals surface area contributed by atoms with Crippen LogP contribution in [-0.2, 0) is 16.1 Å². The fraction of sp³-hybridized carbons (Fsp3) is 0.417. The molecule has 0 aromatic heterocycles. The molecule has 0 fully saturated rings. The van der Waals surface area contributed by atoms with Gasteiger partial charge in [0, 0.05) is 12.6 Å². The average molecular weight is 238 g/mol. The van der Waals surface area contributed by atoms with E-state index in [0.29, 0.717) is 6.61 Å². The fourth-order valence-electron chi connectivity index (χ4n) is 1.37. The molecule has 0 bridgehead atoms. The van der Waals surface area contributed by atoms with Gasteiger partial charge in [0.25, 0.3) is 5.91 Å². The van der Waals surface area contributed by atoms with E-state index in [2.05, 4.69) is 0 Å². The third kappa shape index (κ3) is 4.05. The summed E-state index contributed by atoms with van der Waals surface area (Å²) in [7, 11) is 3.09. The third-order valence-corrected chi connectivity index (χ3v) is 2.31. The lowest BCUT2D eigenvalue weighted by atomic mass is 10.1. The number of carbonyl (C=O) groups is 1. The molecule has 0 heterocycles. The number of ether oxygens (including phenoxy) is 2. The van der Waals surface area contributed by atoms with E-state index in [4.69, 9.17) is 15.3 Å². The summed E-state index contributed by atoms with van der Waals surface area (Å²) in [6, 6.07) is 5.81. The number of rotatable bonds is 5. The van der Waals surface area contributed by atoms with E-state index in [1.165, 1.54) is 7.05 Å². The van der Waals surface area contributed by atoms with Crippen LogP contribution in [0.5, 0.6) is 5.75 Å². The predicted molar refractivity (Wildman–Crippen MR) is 64.3 cm³/mol. The number of nitrogens with zero attached hydrogens (tertiary/aromatic N) is 1. The SMILES string of the molecule is COc1ccc(C)cc1COCC(=O)N(C)N. The van der Waals surface area contributed by atoms with Crippen LogP contribution < -0.4 is 10.6 Å². The molecule has 17 heavy (non-hydrogen) atoms. The summed E-state index contributed by atoms with van der Waals surface area (Å²) in [5.74, 6) is 5.76. The molecule has 1 rings (SSSR count). The summed E-state index contributed by atoms with van der Waals surface area (Å²) < 4.78 is 10.5. The molecule has 0 saturated heterocycles. The molecule has 1 amide bonds. The molecule has 0 spiro atoms. The van der Waals surface area contributed by atoms with Crippen LogP contribution in [0.1, 0.15) is 11.1 Å². The Balaban J connectivity index is 2.56. The van der Waals surface area contributed by atoms with Gasteiger partial charge in [0.05, 0.1) is 13.7 Å². The van der Waals surface area contributed by atoms with E-state index in [9.17, 15) is 4.79 Å². The van der Waals surface area contributed by atoms with E-state index < -0.39 is 0 Å². The second-order valence-electron chi connectivity index (χ2n) is 3.81. The third-order valence-electron chi connectivity index (χ3n) is 2.31. The fourth-order valence-corrected chi connectivity index (χ4v) is 1.37. The normalized spacial score (nSPS) is 10.1. The number of benzene rings is 1. The second-order valence-corrected chi connectivity index (χ2v) is 3.81. The van der Waals surface area contributed by atoms with Gasteiger partial charge >= 0.3 is 0 Å². The monoisotopic (exact) mass is 238 g/mol. The van der Waals surface area contributed by atoms with E-state index in [0.717, 1.165) is 21.9 Å². The Morgan fingerprint density at radius 1 is 1.47 bits per heavy atom. The van der Waals surface area contributed by atoms with Gasteiger partial charge in [-0.3, -0.25) is 9.80 Å². The maximum Gasteiger partial charge on any atom is 0.262 e. The first-order valence-corrected chi connectivity index (χ1v) is 5.27. The lowest BCUT2D eigenvalue weighted by molar-refractivity contribution is -0.135. The Labute approximate surface area is 101 Å². The highest BCUT2D eigenvalue weighted by Crippen LogP contribution is 2.20.